The summed E-state index contributed by atoms with van der Waals surface area (Å²) < 4.78 is 37.1. The maximum Gasteiger partial charge on any atom is 0.490 e. The Kier molecular flexibility index (Phi) is 22.0. The summed E-state index contributed by atoms with van der Waals surface area (Å²) in [6.45, 7) is 14.3. The minimum absolute atomic E-state index is 0.0189. The van der Waals surface area contributed by atoms with Gasteiger partial charge in [-0.25, -0.2) is 9.59 Å². The summed E-state index contributed by atoms with van der Waals surface area (Å²) in [6, 6.07) is 4.60. The molecule has 0 aromatic heterocycles. The molecule has 0 unspecified atom stereocenters. The Bertz CT molecular complexity index is 1460. The third kappa shape index (κ3) is 17.8. The number of halogens is 3. The summed E-state index contributed by atoms with van der Waals surface area (Å²) in [5.41, 5.74) is 6.66. The number of benzene rings is 1. The van der Waals surface area contributed by atoms with Gasteiger partial charge in [0.1, 0.15) is 30.8 Å². The lowest BCUT2D eigenvalue weighted by Gasteiger charge is -2.35. The van der Waals surface area contributed by atoms with E-state index in [1.165, 1.54) is 42.8 Å². The molecule has 5 atom stereocenters. The first-order valence-electron chi connectivity index (χ1n) is 18.4. The van der Waals surface area contributed by atoms with Crippen molar-refractivity contribution in [1.29, 1.82) is 0 Å². The Hall–Kier alpha value is -4.74. The number of ether oxygens (including phenoxy) is 1. The smallest absolute Gasteiger partial charge is 0.475 e. The maximum absolute atomic E-state index is 14.0. The lowest BCUT2D eigenvalue weighted by atomic mass is 9.97. The molecule has 0 aliphatic carbocycles. The molecule has 5 N–H and O–H groups in total. The van der Waals surface area contributed by atoms with Gasteiger partial charge >= 0.3 is 18.1 Å². The van der Waals surface area contributed by atoms with Crippen molar-refractivity contribution in [1.82, 2.24) is 25.3 Å². The van der Waals surface area contributed by atoms with Crippen LogP contribution >= 0.6 is 0 Å². The molecule has 0 aliphatic rings. The number of nitrogens with two attached hydrogens (primary N) is 1. The van der Waals surface area contributed by atoms with Crippen LogP contribution in [0.1, 0.15) is 80.2 Å². The molecule has 56 heavy (non-hydrogen) atoms. The summed E-state index contributed by atoms with van der Waals surface area (Å²) in [5, 5.41) is 12.7. The second-order valence-electron chi connectivity index (χ2n) is 14.8. The first-order chi connectivity index (χ1) is 25.8. The van der Waals surface area contributed by atoms with Crippen LogP contribution in [0.2, 0.25) is 0 Å². The molecule has 15 nitrogen and oxygen atoms in total. The van der Waals surface area contributed by atoms with Crippen LogP contribution in [0, 0.1) is 17.8 Å². The molecule has 0 aliphatic heterocycles. The van der Waals surface area contributed by atoms with E-state index in [9.17, 15) is 41.9 Å². The van der Waals surface area contributed by atoms with Crippen LogP contribution in [0.25, 0.3) is 0 Å². The van der Waals surface area contributed by atoms with E-state index in [1.54, 1.807) is 20.8 Å². The summed E-state index contributed by atoms with van der Waals surface area (Å²) >= 11 is 0. The van der Waals surface area contributed by atoms with E-state index >= 15 is 0 Å². The first-order valence-corrected chi connectivity index (χ1v) is 18.4. The number of nitrogens with one attached hydrogen (secondary N) is 2. The van der Waals surface area contributed by atoms with E-state index in [4.69, 9.17) is 20.4 Å². The molecule has 0 saturated carbocycles. The van der Waals surface area contributed by atoms with Gasteiger partial charge in [-0.1, -0.05) is 78.8 Å². The monoisotopic (exact) mass is 802 g/mol. The van der Waals surface area contributed by atoms with Gasteiger partial charge in [0.2, 0.25) is 29.5 Å². The van der Waals surface area contributed by atoms with Crippen molar-refractivity contribution in [2.45, 2.75) is 118 Å². The largest absolute Gasteiger partial charge is 0.490 e. The zero-order valence-electron chi connectivity index (χ0n) is 34.3. The number of carbonyl (C=O) groups is 7. The fraction of sp³-hybridized carbons (Fsp3) is 0.658. The van der Waals surface area contributed by atoms with Crippen LogP contribution in [0.5, 0.6) is 0 Å². The third-order valence-electron chi connectivity index (χ3n) is 8.59. The Morgan fingerprint density at radius 3 is 1.68 bits per heavy atom. The molecule has 1 rings (SSSR count). The molecular weight excluding hydrogens is 741 g/mol. The average Bonchev–Trinajstić information content (AvgIpc) is 3.12. The Labute approximate surface area is 327 Å². The quantitative estimate of drug-likeness (QED) is 0.150. The molecule has 0 fully saturated rings. The number of carbonyl (C=O) groups excluding carboxylic acids is 6. The van der Waals surface area contributed by atoms with Gasteiger partial charge in [0.25, 0.3) is 0 Å². The minimum Gasteiger partial charge on any atom is -0.475 e. The number of amides is 5. The van der Waals surface area contributed by atoms with Crippen molar-refractivity contribution in [3.05, 3.63) is 35.9 Å². The van der Waals surface area contributed by atoms with Crippen molar-refractivity contribution in [2.75, 3.05) is 27.7 Å². The van der Waals surface area contributed by atoms with E-state index < -0.39 is 72.0 Å². The maximum atomic E-state index is 14.0. The fourth-order valence-electron chi connectivity index (χ4n) is 5.16. The van der Waals surface area contributed by atoms with Gasteiger partial charge < -0.3 is 40.9 Å². The van der Waals surface area contributed by atoms with Gasteiger partial charge in [-0.05, 0) is 49.5 Å². The topological polar surface area (TPSA) is 209 Å². The zero-order chi connectivity index (χ0) is 43.7. The molecule has 0 heterocycles. The predicted octanol–water partition coefficient (Wildman–Crippen LogP) is 2.95. The van der Waals surface area contributed by atoms with Gasteiger partial charge in [-0.15, -0.1) is 0 Å². The molecule has 1 aromatic carbocycles. The van der Waals surface area contributed by atoms with E-state index in [-0.39, 0.29) is 36.8 Å². The summed E-state index contributed by atoms with van der Waals surface area (Å²) in [6.07, 6.45) is -4.05. The first kappa shape index (κ1) is 51.3. The second kappa shape index (κ2) is 24.0. The molecular formula is C38H61F3N6O9. The number of likely N-dealkylation sites (N-methyl/N-ethyl adjacent to an activating group) is 3. The molecule has 0 bridgehead atoms. The third-order valence-corrected chi connectivity index (χ3v) is 8.59. The fourth-order valence-corrected chi connectivity index (χ4v) is 5.16. The van der Waals surface area contributed by atoms with E-state index in [0.29, 0.717) is 19.3 Å². The average molecular weight is 803 g/mol. The van der Waals surface area contributed by atoms with Crippen LogP contribution in [-0.4, -0.2) is 125 Å². The number of aliphatic carboxylic acids is 1. The molecule has 5 amide bonds. The van der Waals surface area contributed by atoms with Crippen LogP contribution < -0.4 is 16.4 Å². The minimum atomic E-state index is -5.08. The highest BCUT2D eigenvalue weighted by Gasteiger charge is 2.39. The second-order valence-corrected chi connectivity index (χ2v) is 14.8. The highest BCUT2D eigenvalue weighted by molar-refractivity contribution is 5.95. The zero-order valence-corrected chi connectivity index (χ0v) is 34.3. The van der Waals surface area contributed by atoms with Gasteiger partial charge in [0.05, 0.1) is 12.6 Å². The Morgan fingerprint density at radius 1 is 0.786 bits per heavy atom. The molecule has 0 saturated heterocycles. The van der Waals surface area contributed by atoms with Crippen LogP contribution in [0.3, 0.4) is 0 Å². The van der Waals surface area contributed by atoms with Crippen molar-refractivity contribution in [3.8, 4) is 0 Å². The summed E-state index contributed by atoms with van der Waals surface area (Å²) in [7, 11) is 4.49. The number of rotatable bonds is 19. The number of esters is 1. The molecule has 318 valence electrons. The number of hydrogen-bond acceptors (Lipinski definition) is 9. The van der Waals surface area contributed by atoms with E-state index in [0.717, 1.165) is 5.56 Å². The van der Waals surface area contributed by atoms with Crippen LogP contribution in [0.4, 0.5) is 13.2 Å². The van der Waals surface area contributed by atoms with Crippen LogP contribution in [-0.2, 0) is 44.9 Å². The highest BCUT2D eigenvalue weighted by atomic mass is 19.4. The number of alkyl halides is 3. The van der Waals surface area contributed by atoms with Gasteiger partial charge in [0, 0.05) is 21.1 Å². The SMILES string of the molecule is CC[C@H](N)C(=O)N(C)CC(=O)N(C)[C@@H](CC(C)C)C(=O)N[C@H](C(=O)N(C)[C@@H](CC(C)C)C(=O)N[C@@H](C)C(=O)OCc1ccccc1)C(C)C.O=C(O)C(F)(F)F. The normalized spacial score (nSPS) is 14.0. The van der Waals surface area contributed by atoms with Crippen molar-refractivity contribution in [2.24, 2.45) is 23.5 Å². The number of carboxylic acid groups (broad SMARTS) is 1. The number of hydrogen-bond donors (Lipinski definition) is 4. The number of carboxylic acids is 1. The molecule has 0 spiro atoms. The molecule has 0 radical (unpaired) electrons. The van der Waals surface area contributed by atoms with Crippen molar-refractivity contribution < 1.29 is 56.6 Å². The summed E-state index contributed by atoms with van der Waals surface area (Å²) in [4.78, 5) is 92.5. The van der Waals surface area contributed by atoms with Gasteiger partial charge in [-0.2, -0.15) is 13.2 Å². The van der Waals surface area contributed by atoms with Crippen LogP contribution in [0.15, 0.2) is 30.3 Å². The lowest BCUT2D eigenvalue weighted by Crippen LogP contribution is -2.60. The van der Waals surface area contributed by atoms with Gasteiger partial charge in [0.15, 0.2) is 0 Å². The van der Waals surface area contributed by atoms with Gasteiger partial charge in [-0.3, -0.25) is 24.0 Å². The molecule has 18 heteroatoms. The molecule has 1 aromatic rings. The number of nitrogens with zero attached hydrogens (tertiary/aromatic N) is 3. The Balaban J connectivity index is 0.00000392. The predicted molar refractivity (Wildman–Crippen MR) is 202 cm³/mol. The van der Waals surface area contributed by atoms with E-state index in [1.807, 2.05) is 58.0 Å². The van der Waals surface area contributed by atoms with Crippen molar-refractivity contribution in [3.63, 3.8) is 0 Å². The standard InChI is InChI=1S/C36H60N6O7.C2HF3O2/c1-12-27(37)34(46)40(9)20-30(43)41(10)28(18-22(2)3)33(45)39-31(24(6)7)35(47)42(11)29(19-23(4)5)32(44)38-25(8)36(48)49-21-26-16-14-13-15-17-26;3-2(4,5)1(6)7/h13-17,22-25,27-29,31H,12,18-21,37H2,1-11H3,(H,38,44)(H,39,45);(H,6,7)/t25-,27-,28-,29-,31-;/m0./s1. The highest BCUT2D eigenvalue weighted by Crippen LogP contribution is 2.18. The summed E-state index contributed by atoms with van der Waals surface area (Å²) in [5.74, 6) is -6.05. The van der Waals surface area contributed by atoms with E-state index in [2.05, 4.69) is 10.6 Å². The Morgan fingerprint density at radius 2 is 1.25 bits per heavy atom. The van der Waals surface area contributed by atoms with Crippen molar-refractivity contribution >= 4 is 41.5 Å². The lowest BCUT2D eigenvalue weighted by molar-refractivity contribution is -0.192.